The van der Waals surface area contributed by atoms with Crippen LogP contribution in [0.4, 0.5) is 0 Å². The zero-order chi connectivity index (χ0) is 26.1. The minimum atomic E-state index is -0.870. The molecule has 6 fully saturated rings. The van der Waals surface area contributed by atoms with E-state index in [0.717, 1.165) is 56.9 Å². The predicted octanol–water partition coefficient (Wildman–Crippen LogP) is 3.48. The molecule has 2 heterocycles. The fraction of sp³-hybridized carbons (Fsp3) is 0.900. The maximum absolute atomic E-state index is 12.5. The minimum absolute atomic E-state index is 0.0545. The molecule has 0 bridgehead atoms. The van der Waals surface area contributed by atoms with Gasteiger partial charge in [-0.3, -0.25) is 0 Å². The van der Waals surface area contributed by atoms with Crippen molar-refractivity contribution in [3.63, 3.8) is 0 Å². The van der Waals surface area contributed by atoms with E-state index >= 15 is 0 Å². The quantitative estimate of drug-likeness (QED) is 0.381. The van der Waals surface area contributed by atoms with Gasteiger partial charge in [-0.2, -0.15) is 0 Å². The standard InChI is InChI=1S/C30H44O7/c1-15-25(33)22(31)13-24(35-15)36-16-5-9-28(3)20-12-21-26-17(11-23(32)37-26)18-7-10-30(34,29(18,21)4)19(20)6-8-27(28,2)14-16/h11,15-16,18-22,24-26,31,33-34H,5-10,12-14H2,1-4H3. The van der Waals surface area contributed by atoms with E-state index in [-0.39, 0.29) is 52.2 Å². The van der Waals surface area contributed by atoms with Crippen LogP contribution in [0.15, 0.2) is 11.6 Å². The molecule has 1 saturated heterocycles. The highest BCUT2D eigenvalue weighted by Gasteiger charge is 2.76. The molecule has 0 aromatic heterocycles. The first kappa shape index (κ1) is 25.0. The molecule has 3 N–H and O–H groups in total. The molecule has 7 rings (SSSR count). The number of esters is 1. The zero-order valence-electron chi connectivity index (χ0n) is 22.7. The normalized spacial score (nSPS) is 60.2. The number of hydrogen-bond donors (Lipinski definition) is 3. The van der Waals surface area contributed by atoms with Gasteiger partial charge >= 0.3 is 5.97 Å². The van der Waals surface area contributed by atoms with Crippen molar-refractivity contribution in [2.75, 3.05) is 0 Å². The first-order chi connectivity index (χ1) is 17.4. The van der Waals surface area contributed by atoms with E-state index in [1.165, 1.54) is 0 Å². The monoisotopic (exact) mass is 516 g/mol. The maximum Gasteiger partial charge on any atom is 0.331 e. The summed E-state index contributed by atoms with van der Waals surface area (Å²) in [7, 11) is 0. The molecule has 14 atom stereocenters. The van der Waals surface area contributed by atoms with Crippen molar-refractivity contribution in [1.82, 2.24) is 0 Å². The van der Waals surface area contributed by atoms with Crippen molar-refractivity contribution in [3.8, 4) is 0 Å². The first-order valence-corrected chi connectivity index (χ1v) is 14.7. The lowest BCUT2D eigenvalue weighted by atomic mass is 9.38. The Bertz CT molecular complexity index is 1020. The number of aliphatic hydroxyl groups excluding tert-OH is 2. The molecular weight excluding hydrogens is 472 g/mol. The molecule has 206 valence electrons. The molecule has 0 amide bonds. The molecule has 7 aliphatic rings. The molecule has 5 saturated carbocycles. The highest BCUT2D eigenvalue weighted by atomic mass is 16.7. The lowest BCUT2D eigenvalue weighted by Gasteiger charge is -2.68. The summed E-state index contributed by atoms with van der Waals surface area (Å²) >= 11 is 0. The summed E-state index contributed by atoms with van der Waals surface area (Å²) in [5.41, 5.74) is 0.378. The van der Waals surface area contributed by atoms with E-state index in [9.17, 15) is 20.1 Å². The van der Waals surface area contributed by atoms with E-state index in [2.05, 4.69) is 20.8 Å². The number of carbonyl (C=O) groups excluding carboxylic acids is 1. The Hall–Kier alpha value is -0.990. The summed E-state index contributed by atoms with van der Waals surface area (Å²) in [6.07, 6.45) is 7.09. The van der Waals surface area contributed by atoms with Crippen LogP contribution < -0.4 is 0 Å². The first-order valence-electron chi connectivity index (χ1n) is 14.7. The van der Waals surface area contributed by atoms with Crippen molar-refractivity contribution in [2.45, 2.75) is 128 Å². The van der Waals surface area contributed by atoms with Crippen molar-refractivity contribution >= 4 is 5.97 Å². The van der Waals surface area contributed by atoms with Gasteiger partial charge in [-0.25, -0.2) is 4.79 Å². The molecular formula is C30H44O7. The van der Waals surface area contributed by atoms with Gasteiger partial charge in [0.1, 0.15) is 12.2 Å². The van der Waals surface area contributed by atoms with Crippen LogP contribution in [0, 0.1) is 39.9 Å². The summed E-state index contributed by atoms with van der Waals surface area (Å²) in [5.74, 6) is 0.909. The van der Waals surface area contributed by atoms with Crippen LogP contribution in [0.3, 0.4) is 0 Å². The summed E-state index contributed by atoms with van der Waals surface area (Å²) in [6.45, 7) is 8.97. The van der Waals surface area contributed by atoms with Crippen molar-refractivity contribution in [2.24, 2.45) is 39.9 Å². The molecule has 37 heavy (non-hydrogen) atoms. The lowest BCUT2D eigenvalue weighted by molar-refractivity contribution is -0.282. The van der Waals surface area contributed by atoms with Crippen LogP contribution in [0.2, 0.25) is 0 Å². The van der Waals surface area contributed by atoms with Crippen LogP contribution >= 0.6 is 0 Å². The Morgan fingerprint density at radius 1 is 1.00 bits per heavy atom. The van der Waals surface area contributed by atoms with Crippen molar-refractivity contribution in [1.29, 1.82) is 0 Å². The van der Waals surface area contributed by atoms with E-state index in [1.807, 2.05) is 0 Å². The predicted molar refractivity (Wildman–Crippen MR) is 134 cm³/mol. The summed E-state index contributed by atoms with van der Waals surface area (Å²) < 4.78 is 18.2. The van der Waals surface area contributed by atoms with Crippen LogP contribution in [0.1, 0.15) is 85.5 Å². The van der Waals surface area contributed by atoms with Gasteiger partial charge in [0, 0.05) is 23.8 Å². The third-order valence-electron chi connectivity index (χ3n) is 13.4. The molecule has 0 aromatic carbocycles. The van der Waals surface area contributed by atoms with Gasteiger partial charge in [0.15, 0.2) is 6.29 Å². The SMILES string of the molecule is CC1OC(OC2CCC3(C)C4CC5C6OC(=O)C=C6C6CCC(O)(C4CCC3(C)C2)C65C)CC(O)C1O. The maximum atomic E-state index is 12.5. The van der Waals surface area contributed by atoms with Gasteiger partial charge in [-0.15, -0.1) is 0 Å². The van der Waals surface area contributed by atoms with E-state index in [4.69, 9.17) is 14.2 Å². The Morgan fingerprint density at radius 2 is 1.78 bits per heavy atom. The summed E-state index contributed by atoms with van der Waals surface area (Å²) in [4.78, 5) is 12.3. The van der Waals surface area contributed by atoms with Crippen LogP contribution in [0.5, 0.6) is 0 Å². The van der Waals surface area contributed by atoms with E-state index in [0.29, 0.717) is 12.3 Å². The molecule has 0 radical (unpaired) electrons. The molecule has 14 unspecified atom stereocenters. The number of rotatable bonds is 2. The second-order valence-electron chi connectivity index (χ2n) is 14.4. The summed E-state index contributed by atoms with van der Waals surface area (Å²) in [5, 5.41) is 32.8. The smallest absolute Gasteiger partial charge is 0.331 e. The van der Waals surface area contributed by atoms with Gasteiger partial charge in [0.2, 0.25) is 0 Å². The zero-order valence-corrected chi connectivity index (χ0v) is 22.7. The van der Waals surface area contributed by atoms with Crippen molar-refractivity contribution < 1.29 is 34.3 Å². The van der Waals surface area contributed by atoms with Gasteiger partial charge in [0.25, 0.3) is 0 Å². The van der Waals surface area contributed by atoms with Crippen LogP contribution in [0.25, 0.3) is 0 Å². The largest absolute Gasteiger partial charge is 0.454 e. The Labute approximate surface area is 219 Å². The second-order valence-corrected chi connectivity index (χ2v) is 14.4. The number of aliphatic hydroxyl groups is 3. The van der Waals surface area contributed by atoms with Crippen LogP contribution in [-0.2, 0) is 19.0 Å². The van der Waals surface area contributed by atoms with Crippen molar-refractivity contribution in [3.05, 3.63) is 11.6 Å². The third-order valence-corrected chi connectivity index (χ3v) is 13.4. The number of hydrogen-bond acceptors (Lipinski definition) is 7. The topological polar surface area (TPSA) is 105 Å². The average molecular weight is 517 g/mol. The number of ether oxygens (including phenoxy) is 3. The molecule has 5 aliphatic carbocycles. The minimum Gasteiger partial charge on any atom is -0.454 e. The molecule has 0 spiro atoms. The third kappa shape index (κ3) is 3.04. The molecule has 2 aliphatic heterocycles. The average Bonchev–Trinajstić information content (AvgIpc) is 3.41. The molecule has 7 heteroatoms. The molecule has 7 nitrogen and oxygen atoms in total. The lowest BCUT2D eigenvalue weighted by Crippen LogP contribution is -2.66. The highest BCUT2D eigenvalue weighted by Crippen LogP contribution is 2.77. The molecule has 0 aromatic rings. The highest BCUT2D eigenvalue weighted by molar-refractivity contribution is 5.86. The van der Waals surface area contributed by atoms with E-state index < -0.39 is 30.2 Å². The van der Waals surface area contributed by atoms with E-state index in [1.54, 1.807) is 13.0 Å². The van der Waals surface area contributed by atoms with Crippen LogP contribution in [-0.4, -0.2) is 63.7 Å². The fourth-order valence-corrected chi connectivity index (χ4v) is 11.1. The van der Waals surface area contributed by atoms with Gasteiger partial charge in [0.05, 0.1) is 23.9 Å². The Morgan fingerprint density at radius 3 is 2.54 bits per heavy atom. The fourth-order valence-electron chi connectivity index (χ4n) is 11.1. The summed E-state index contributed by atoms with van der Waals surface area (Å²) in [6, 6.07) is 0. The van der Waals surface area contributed by atoms with Gasteiger partial charge in [-0.05, 0) is 92.4 Å². The number of fused-ring (bicyclic) bond motifs is 7. The Balaban J connectivity index is 1.15. The van der Waals surface area contributed by atoms with Gasteiger partial charge < -0.3 is 29.5 Å². The second kappa shape index (κ2) is 7.81. The number of carbonyl (C=O) groups is 1. The Kier molecular flexibility index (Phi) is 5.28. The van der Waals surface area contributed by atoms with Gasteiger partial charge in [-0.1, -0.05) is 20.8 Å².